The summed E-state index contributed by atoms with van der Waals surface area (Å²) in [7, 11) is 0. The number of aryl methyl sites for hydroxylation is 2. The number of nitrogens with zero attached hydrogens (tertiary/aromatic N) is 4. The highest BCUT2D eigenvalue weighted by atomic mass is 16.3. The second kappa shape index (κ2) is 13.4. The van der Waals surface area contributed by atoms with E-state index >= 15 is 0 Å². The Balaban J connectivity index is 1.53. The van der Waals surface area contributed by atoms with Gasteiger partial charge in [-0.2, -0.15) is 0 Å². The number of aliphatic imine (C=N–C) groups is 2. The first kappa shape index (κ1) is 31.6. The van der Waals surface area contributed by atoms with Gasteiger partial charge in [-0.1, -0.05) is 30.3 Å². The first-order valence-electron chi connectivity index (χ1n) is 15.9. The van der Waals surface area contributed by atoms with Crippen LogP contribution in [0.2, 0.25) is 0 Å². The Labute approximate surface area is 267 Å². The summed E-state index contributed by atoms with van der Waals surface area (Å²) in [4.78, 5) is 14.5. The molecule has 0 bridgehead atoms. The van der Waals surface area contributed by atoms with E-state index in [2.05, 4.69) is 80.0 Å². The van der Waals surface area contributed by atoms with Gasteiger partial charge in [0.15, 0.2) is 0 Å². The molecule has 6 heteroatoms. The molecular weight excluding hydrogens is 556 g/mol. The molecule has 0 radical (unpaired) electrons. The van der Waals surface area contributed by atoms with Crippen molar-refractivity contribution in [2.24, 2.45) is 9.98 Å². The van der Waals surface area contributed by atoms with Crippen LogP contribution in [0.15, 0.2) is 76.7 Å². The summed E-state index contributed by atoms with van der Waals surface area (Å²) < 4.78 is 0. The zero-order chi connectivity index (χ0) is 32.2. The van der Waals surface area contributed by atoms with Gasteiger partial charge in [-0.3, -0.25) is 9.98 Å². The van der Waals surface area contributed by atoms with Crippen molar-refractivity contribution in [1.29, 1.82) is 0 Å². The predicted molar refractivity (Wildman–Crippen MR) is 194 cm³/mol. The van der Waals surface area contributed by atoms with Gasteiger partial charge in [0.2, 0.25) is 0 Å². The maximum Gasteiger partial charge on any atom is 0.124 e. The molecule has 0 unspecified atom stereocenters. The summed E-state index contributed by atoms with van der Waals surface area (Å²) in [6.07, 6.45) is 3.52. The standard InChI is InChI=1S/C39H44N4O2/c1-8-42(9-2)30-14-16-32-28(21-30)12-18-36(44)34(32)23-40-38-25(5)20-26(6)39(27(38)7)41-24-35-33-17-15-31(43(10-3)11-4)22-29(33)13-19-37(35)45/h12-24,44-45H,8-11H2,1-7H3. The van der Waals surface area contributed by atoms with E-state index in [1.807, 2.05) is 32.9 Å². The zero-order valence-corrected chi connectivity index (χ0v) is 27.5. The fourth-order valence-corrected chi connectivity index (χ4v) is 6.32. The molecule has 0 atom stereocenters. The van der Waals surface area contributed by atoms with Crippen LogP contribution in [-0.2, 0) is 0 Å². The maximum absolute atomic E-state index is 10.8. The molecule has 0 aliphatic heterocycles. The number of fused-ring (bicyclic) bond motifs is 2. The van der Waals surface area contributed by atoms with Crippen molar-refractivity contribution in [2.75, 3.05) is 36.0 Å². The normalized spacial score (nSPS) is 11.8. The number of rotatable bonds is 10. The number of anilines is 2. The second-order valence-corrected chi connectivity index (χ2v) is 11.5. The van der Waals surface area contributed by atoms with Crippen molar-refractivity contribution in [2.45, 2.75) is 48.5 Å². The molecule has 0 saturated heterocycles. The number of hydrogen-bond acceptors (Lipinski definition) is 6. The van der Waals surface area contributed by atoms with Crippen LogP contribution in [0.1, 0.15) is 55.5 Å². The van der Waals surface area contributed by atoms with Crippen molar-refractivity contribution < 1.29 is 10.2 Å². The highest BCUT2D eigenvalue weighted by Gasteiger charge is 2.13. The second-order valence-electron chi connectivity index (χ2n) is 11.5. The monoisotopic (exact) mass is 600 g/mol. The molecule has 0 heterocycles. The summed E-state index contributed by atoms with van der Waals surface area (Å²) in [6, 6.07) is 22.2. The first-order valence-corrected chi connectivity index (χ1v) is 15.9. The Bertz CT molecular complexity index is 1780. The van der Waals surface area contributed by atoms with E-state index in [1.165, 1.54) is 0 Å². The van der Waals surface area contributed by atoms with E-state index in [0.717, 1.165) is 87.2 Å². The Morgan fingerprint density at radius 3 is 1.33 bits per heavy atom. The highest BCUT2D eigenvalue weighted by molar-refractivity contribution is 6.05. The van der Waals surface area contributed by atoms with E-state index in [1.54, 1.807) is 24.6 Å². The summed E-state index contributed by atoms with van der Waals surface area (Å²) in [5, 5.41) is 25.7. The quantitative estimate of drug-likeness (QED) is 0.157. The van der Waals surface area contributed by atoms with Gasteiger partial charge < -0.3 is 20.0 Å². The van der Waals surface area contributed by atoms with Crippen LogP contribution >= 0.6 is 0 Å². The largest absolute Gasteiger partial charge is 0.507 e. The lowest BCUT2D eigenvalue weighted by atomic mass is 10.0. The van der Waals surface area contributed by atoms with E-state index in [0.29, 0.717) is 11.1 Å². The molecular formula is C39H44N4O2. The van der Waals surface area contributed by atoms with Gasteiger partial charge in [-0.05, 0) is 118 Å². The lowest BCUT2D eigenvalue weighted by Gasteiger charge is -2.21. The topological polar surface area (TPSA) is 71.7 Å². The fourth-order valence-electron chi connectivity index (χ4n) is 6.32. The van der Waals surface area contributed by atoms with Gasteiger partial charge in [0.05, 0.1) is 11.4 Å². The Morgan fingerprint density at radius 2 is 0.956 bits per heavy atom. The molecule has 0 aliphatic carbocycles. The molecule has 0 amide bonds. The zero-order valence-electron chi connectivity index (χ0n) is 27.5. The Kier molecular flexibility index (Phi) is 9.43. The molecule has 0 aromatic heterocycles. The fraction of sp³-hybridized carbons (Fsp3) is 0.282. The van der Waals surface area contributed by atoms with Crippen LogP contribution < -0.4 is 9.80 Å². The maximum atomic E-state index is 10.8. The molecule has 0 aliphatic rings. The summed E-state index contributed by atoms with van der Waals surface area (Å²) in [5.74, 6) is 0.385. The molecule has 5 rings (SSSR count). The van der Waals surface area contributed by atoms with E-state index in [-0.39, 0.29) is 11.5 Å². The molecule has 5 aromatic rings. The van der Waals surface area contributed by atoms with Crippen molar-refractivity contribution in [1.82, 2.24) is 0 Å². The smallest absolute Gasteiger partial charge is 0.124 e. The minimum Gasteiger partial charge on any atom is -0.507 e. The Hall–Kier alpha value is -4.84. The molecule has 0 spiro atoms. The van der Waals surface area contributed by atoms with Crippen LogP contribution in [0.25, 0.3) is 21.5 Å². The van der Waals surface area contributed by atoms with Crippen LogP contribution in [0.3, 0.4) is 0 Å². The van der Waals surface area contributed by atoms with Gasteiger partial charge in [0.25, 0.3) is 0 Å². The molecule has 6 nitrogen and oxygen atoms in total. The summed E-state index contributed by atoms with van der Waals surface area (Å²) >= 11 is 0. The van der Waals surface area contributed by atoms with Gasteiger partial charge in [-0.25, -0.2) is 0 Å². The van der Waals surface area contributed by atoms with E-state index in [9.17, 15) is 10.2 Å². The van der Waals surface area contributed by atoms with Gasteiger partial charge >= 0.3 is 0 Å². The van der Waals surface area contributed by atoms with Gasteiger partial charge in [0.1, 0.15) is 11.5 Å². The molecule has 0 saturated carbocycles. The molecule has 45 heavy (non-hydrogen) atoms. The van der Waals surface area contributed by atoms with Crippen LogP contribution in [0.5, 0.6) is 11.5 Å². The van der Waals surface area contributed by atoms with E-state index in [4.69, 9.17) is 9.98 Å². The molecule has 232 valence electrons. The SMILES string of the molecule is CCN(CC)c1ccc2c(C=Nc3c(C)cc(C)c(N=Cc4c(O)ccc5cc(N(CC)CC)ccc45)c3C)c(O)ccc2c1. The number of phenolic OH excluding ortho intramolecular Hbond substituents is 2. The minimum atomic E-state index is 0.193. The third kappa shape index (κ3) is 6.23. The van der Waals surface area contributed by atoms with Crippen molar-refractivity contribution in [3.63, 3.8) is 0 Å². The third-order valence-electron chi connectivity index (χ3n) is 8.84. The van der Waals surface area contributed by atoms with Crippen LogP contribution in [0, 0.1) is 20.8 Å². The number of phenols is 2. The number of hydrogen-bond donors (Lipinski definition) is 2. The average Bonchev–Trinajstić information content (AvgIpc) is 3.03. The van der Waals surface area contributed by atoms with Crippen LogP contribution in [0.4, 0.5) is 22.7 Å². The van der Waals surface area contributed by atoms with Gasteiger partial charge in [0, 0.05) is 66.7 Å². The van der Waals surface area contributed by atoms with E-state index < -0.39 is 0 Å². The first-order chi connectivity index (χ1) is 21.7. The molecule has 2 N–H and O–H groups in total. The van der Waals surface area contributed by atoms with Crippen molar-refractivity contribution >= 4 is 56.7 Å². The Morgan fingerprint density at radius 1 is 0.556 bits per heavy atom. The highest BCUT2D eigenvalue weighted by Crippen LogP contribution is 2.37. The molecule has 5 aromatic carbocycles. The number of aromatic hydroxyl groups is 2. The van der Waals surface area contributed by atoms with Crippen molar-refractivity contribution in [3.8, 4) is 11.5 Å². The predicted octanol–water partition coefficient (Wildman–Crippen LogP) is 9.52. The summed E-state index contributed by atoms with van der Waals surface area (Å²) in [5.41, 5.74) is 8.32. The number of benzene rings is 5. The van der Waals surface area contributed by atoms with Crippen LogP contribution in [-0.4, -0.2) is 48.8 Å². The minimum absolute atomic E-state index is 0.193. The lowest BCUT2D eigenvalue weighted by Crippen LogP contribution is -2.21. The third-order valence-corrected chi connectivity index (χ3v) is 8.84. The lowest BCUT2D eigenvalue weighted by molar-refractivity contribution is 0.475. The average molecular weight is 601 g/mol. The summed E-state index contributed by atoms with van der Waals surface area (Å²) in [6.45, 7) is 18.5. The molecule has 0 fully saturated rings. The van der Waals surface area contributed by atoms with Crippen molar-refractivity contribution in [3.05, 3.63) is 94.5 Å². The van der Waals surface area contributed by atoms with Gasteiger partial charge in [-0.15, -0.1) is 0 Å².